The third-order valence-corrected chi connectivity index (χ3v) is 4.10. The van der Waals surface area contributed by atoms with Crippen LogP contribution in [0, 0.1) is 0 Å². The van der Waals surface area contributed by atoms with Gasteiger partial charge in [0, 0.05) is 18.8 Å². The molecule has 22 heavy (non-hydrogen) atoms. The van der Waals surface area contributed by atoms with Crippen LogP contribution in [0.2, 0.25) is 0 Å². The Labute approximate surface area is 131 Å². The van der Waals surface area contributed by atoms with E-state index in [0.717, 1.165) is 30.7 Å². The van der Waals surface area contributed by atoms with Gasteiger partial charge in [0.05, 0.1) is 5.69 Å². The maximum atomic E-state index is 10.6. The molecule has 4 heteroatoms. The van der Waals surface area contributed by atoms with E-state index in [0.29, 0.717) is 6.54 Å². The Morgan fingerprint density at radius 3 is 2.68 bits per heavy atom. The summed E-state index contributed by atoms with van der Waals surface area (Å²) in [7, 11) is 0. The van der Waals surface area contributed by atoms with Crippen molar-refractivity contribution in [1.29, 1.82) is 0 Å². The maximum Gasteiger partial charge on any atom is 0.126 e. The summed E-state index contributed by atoms with van der Waals surface area (Å²) < 4.78 is 5.94. The average molecular weight is 298 g/mol. The van der Waals surface area contributed by atoms with Crippen LogP contribution in [0.15, 0.2) is 54.7 Å². The third kappa shape index (κ3) is 3.84. The predicted octanol–water partition coefficient (Wildman–Crippen LogP) is 2.53. The zero-order chi connectivity index (χ0) is 15.2. The van der Waals surface area contributed by atoms with Crippen molar-refractivity contribution in [3.8, 4) is 5.75 Å². The van der Waals surface area contributed by atoms with Crippen LogP contribution in [-0.2, 0) is 6.54 Å². The molecule has 0 bridgehead atoms. The minimum atomic E-state index is -0.502. The number of aliphatic hydroxyl groups excluding tert-OH is 1. The van der Waals surface area contributed by atoms with Gasteiger partial charge in [0.15, 0.2) is 0 Å². The first-order valence-corrected chi connectivity index (χ1v) is 7.86. The van der Waals surface area contributed by atoms with Crippen LogP contribution in [0.4, 0.5) is 0 Å². The number of rotatable bonds is 5. The highest BCUT2D eigenvalue weighted by molar-refractivity contribution is 5.21. The molecule has 1 aromatic heterocycles. The van der Waals surface area contributed by atoms with Crippen LogP contribution in [0.1, 0.15) is 25.0 Å². The highest BCUT2D eigenvalue weighted by Crippen LogP contribution is 2.24. The molecule has 116 valence electrons. The molecule has 0 saturated heterocycles. The summed E-state index contributed by atoms with van der Waals surface area (Å²) in [5, 5.41) is 14.0. The Bertz CT molecular complexity index is 562. The SMILES string of the molecule is O[C@@H]1[C@@H](NCc2ccccn2)CCC[C@H]1Oc1ccccc1. The molecule has 4 nitrogen and oxygen atoms in total. The number of nitrogens with one attached hydrogen (secondary N) is 1. The number of nitrogens with zero attached hydrogens (tertiary/aromatic N) is 1. The summed E-state index contributed by atoms with van der Waals surface area (Å²) in [6.07, 6.45) is 4.03. The van der Waals surface area contributed by atoms with Gasteiger partial charge in [0.1, 0.15) is 18.0 Å². The lowest BCUT2D eigenvalue weighted by Crippen LogP contribution is -2.51. The molecule has 0 aliphatic heterocycles. The van der Waals surface area contributed by atoms with E-state index in [9.17, 15) is 5.11 Å². The van der Waals surface area contributed by atoms with Crippen molar-refractivity contribution in [1.82, 2.24) is 10.3 Å². The van der Waals surface area contributed by atoms with Gasteiger partial charge >= 0.3 is 0 Å². The second-order valence-corrected chi connectivity index (χ2v) is 5.70. The Balaban J connectivity index is 1.56. The monoisotopic (exact) mass is 298 g/mol. The van der Waals surface area contributed by atoms with Gasteiger partial charge in [-0.15, -0.1) is 0 Å². The van der Waals surface area contributed by atoms with Crippen LogP contribution < -0.4 is 10.1 Å². The molecule has 1 aliphatic rings. The molecule has 0 radical (unpaired) electrons. The van der Waals surface area contributed by atoms with E-state index >= 15 is 0 Å². The molecular formula is C18H22N2O2. The van der Waals surface area contributed by atoms with E-state index < -0.39 is 6.10 Å². The number of aliphatic hydroxyl groups is 1. The number of ether oxygens (including phenoxy) is 1. The lowest BCUT2D eigenvalue weighted by Gasteiger charge is -2.35. The van der Waals surface area contributed by atoms with Crippen LogP contribution >= 0.6 is 0 Å². The lowest BCUT2D eigenvalue weighted by molar-refractivity contribution is -0.0158. The molecule has 1 heterocycles. The van der Waals surface area contributed by atoms with Crippen molar-refractivity contribution in [3.05, 3.63) is 60.4 Å². The summed E-state index contributed by atoms with van der Waals surface area (Å²) in [5.41, 5.74) is 0.987. The molecule has 0 spiro atoms. The van der Waals surface area contributed by atoms with E-state index in [1.54, 1.807) is 6.20 Å². The van der Waals surface area contributed by atoms with Gasteiger partial charge in [0.25, 0.3) is 0 Å². The third-order valence-electron chi connectivity index (χ3n) is 4.10. The normalized spacial score (nSPS) is 24.9. The minimum absolute atomic E-state index is 0.0458. The number of benzene rings is 1. The van der Waals surface area contributed by atoms with Gasteiger partial charge in [-0.2, -0.15) is 0 Å². The van der Waals surface area contributed by atoms with E-state index in [4.69, 9.17) is 4.74 Å². The molecule has 0 unspecified atom stereocenters. The average Bonchev–Trinajstić information content (AvgIpc) is 2.58. The van der Waals surface area contributed by atoms with Crippen LogP contribution in [0.25, 0.3) is 0 Å². The molecule has 3 rings (SSSR count). The van der Waals surface area contributed by atoms with Crippen molar-refractivity contribution in [2.45, 2.75) is 44.1 Å². The topological polar surface area (TPSA) is 54.4 Å². The number of aromatic nitrogens is 1. The molecular weight excluding hydrogens is 276 g/mol. The second kappa shape index (κ2) is 7.38. The number of para-hydroxylation sites is 1. The van der Waals surface area contributed by atoms with Crippen LogP contribution in [0.3, 0.4) is 0 Å². The van der Waals surface area contributed by atoms with Gasteiger partial charge in [-0.05, 0) is 43.5 Å². The first kappa shape index (κ1) is 15.0. The molecule has 1 saturated carbocycles. The van der Waals surface area contributed by atoms with Crippen molar-refractivity contribution in [2.24, 2.45) is 0 Å². The Morgan fingerprint density at radius 2 is 1.91 bits per heavy atom. The quantitative estimate of drug-likeness (QED) is 0.890. The largest absolute Gasteiger partial charge is 0.488 e. The van der Waals surface area contributed by atoms with Gasteiger partial charge < -0.3 is 15.2 Å². The molecule has 1 aliphatic carbocycles. The molecule has 2 N–H and O–H groups in total. The van der Waals surface area contributed by atoms with Crippen LogP contribution in [0.5, 0.6) is 5.75 Å². The minimum Gasteiger partial charge on any atom is -0.488 e. The zero-order valence-corrected chi connectivity index (χ0v) is 12.6. The Kier molecular flexibility index (Phi) is 5.03. The van der Waals surface area contributed by atoms with E-state index in [-0.39, 0.29) is 12.1 Å². The Hall–Kier alpha value is -1.91. The van der Waals surface area contributed by atoms with Crippen molar-refractivity contribution in [2.75, 3.05) is 0 Å². The van der Waals surface area contributed by atoms with Crippen molar-refractivity contribution in [3.63, 3.8) is 0 Å². The lowest BCUT2D eigenvalue weighted by atomic mass is 9.89. The summed E-state index contributed by atoms with van der Waals surface area (Å²) >= 11 is 0. The van der Waals surface area contributed by atoms with E-state index in [2.05, 4.69) is 10.3 Å². The fourth-order valence-corrected chi connectivity index (χ4v) is 2.90. The fourth-order valence-electron chi connectivity index (χ4n) is 2.90. The summed E-state index contributed by atoms with van der Waals surface area (Å²) in [4.78, 5) is 4.30. The van der Waals surface area contributed by atoms with Crippen molar-refractivity contribution >= 4 is 0 Å². The summed E-state index contributed by atoms with van der Waals surface area (Å²) in [5.74, 6) is 0.817. The zero-order valence-electron chi connectivity index (χ0n) is 12.6. The standard InChI is InChI=1S/C18H22N2O2/c21-18-16(20-13-14-7-4-5-12-19-14)10-6-11-17(18)22-15-8-2-1-3-9-15/h1-5,7-9,12,16-18,20-21H,6,10-11,13H2/t16-,17+,18+/m0/s1. The van der Waals surface area contributed by atoms with Gasteiger partial charge in [-0.25, -0.2) is 0 Å². The van der Waals surface area contributed by atoms with Gasteiger partial charge in [-0.1, -0.05) is 24.3 Å². The highest BCUT2D eigenvalue weighted by atomic mass is 16.5. The first-order valence-electron chi connectivity index (χ1n) is 7.86. The summed E-state index contributed by atoms with van der Waals surface area (Å²) in [6, 6.07) is 15.6. The first-order chi connectivity index (χ1) is 10.8. The number of hydrogen-bond acceptors (Lipinski definition) is 4. The smallest absolute Gasteiger partial charge is 0.126 e. The van der Waals surface area contributed by atoms with Crippen LogP contribution in [-0.4, -0.2) is 28.3 Å². The molecule has 2 aromatic rings. The number of pyridine rings is 1. The number of hydrogen-bond donors (Lipinski definition) is 2. The molecule has 1 aromatic carbocycles. The van der Waals surface area contributed by atoms with Gasteiger partial charge in [0.2, 0.25) is 0 Å². The van der Waals surface area contributed by atoms with E-state index in [1.165, 1.54) is 0 Å². The summed E-state index contributed by atoms with van der Waals surface area (Å²) in [6.45, 7) is 0.667. The second-order valence-electron chi connectivity index (χ2n) is 5.70. The fraction of sp³-hybridized carbons (Fsp3) is 0.389. The Morgan fingerprint density at radius 1 is 1.09 bits per heavy atom. The van der Waals surface area contributed by atoms with E-state index in [1.807, 2.05) is 48.5 Å². The maximum absolute atomic E-state index is 10.6. The predicted molar refractivity (Wildman–Crippen MR) is 85.6 cm³/mol. The van der Waals surface area contributed by atoms with Gasteiger partial charge in [-0.3, -0.25) is 4.98 Å². The highest BCUT2D eigenvalue weighted by Gasteiger charge is 2.33. The molecule has 1 fully saturated rings. The molecule has 3 atom stereocenters. The van der Waals surface area contributed by atoms with Crippen molar-refractivity contribution < 1.29 is 9.84 Å². The molecule has 0 amide bonds.